The number of allylic oxidation sites excluding steroid dienone is 1. The Hall–Kier alpha value is -1.08. The molecule has 1 heteroatoms. The van der Waals surface area contributed by atoms with Crippen molar-refractivity contribution < 1.29 is 0 Å². The van der Waals surface area contributed by atoms with Crippen LogP contribution in [0.15, 0.2) is 29.8 Å². The lowest BCUT2D eigenvalue weighted by Gasteiger charge is -2.16. The Balaban J connectivity index is 2.75. The fourth-order valence-electron chi connectivity index (χ4n) is 2.11. The van der Waals surface area contributed by atoms with Gasteiger partial charge in [-0.2, -0.15) is 0 Å². The molecule has 0 fully saturated rings. The van der Waals surface area contributed by atoms with E-state index in [9.17, 15) is 0 Å². The number of aryl methyl sites for hydroxylation is 2. The molecule has 0 radical (unpaired) electrons. The van der Waals surface area contributed by atoms with Crippen molar-refractivity contribution in [3.8, 4) is 0 Å². The van der Waals surface area contributed by atoms with E-state index in [0.717, 1.165) is 13.0 Å². The van der Waals surface area contributed by atoms with Gasteiger partial charge in [-0.1, -0.05) is 36.8 Å². The molecule has 0 spiro atoms. The van der Waals surface area contributed by atoms with E-state index in [1.807, 2.05) is 0 Å². The Morgan fingerprint density at radius 2 is 1.94 bits per heavy atom. The van der Waals surface area contributed by atoms with Gasteiger partial charge in [-0.15, -0.1) is 0 Å². The van der Waals surface area contributed by atoms with Gasteiger partial charge in [0.1, 0.15) is 0 Å². The normalized spacial score (nSPS) is 12.3. The molecule has 1 aromatic carbocycles. The van der Waals surface area contributed by atoms with Crippen molar-refractivity contribution >= 4 is 0 Å². The van der Waals surface area contributed by atoms with Crippen molar-refractivity contribution in [2.24, 2.45) is 0 Å². The summed E-state index contributed by atoms with van der Waals surface area (Å²) < 4.78 is 0. The van der Waals surface area contributed by atoms with E-state index >= 15 is 0 Å². The minimum atomic E-state index is 0.456. The highest BCUT2D eigenvalue weighted by atomic mass is 14.9. The zero-order chi connectivity index (χ0) is 13.5. The summed E-state index contributed by atoms with van der Waals surface area (Å²) in [6.07, 6.45) is 4.59. The first-order valence-electron chi connectivity index (χ1n) is 6.97. The summed E-state index contributed by atoms with van der Waals surface area (Å²) in [5.41, 5.74) is 5.56. The first-order chi connectivity index (χ1) is 8.52. The number of rotatable bonds is 6. The zero-order valence-corrected chi connectivity index (χ0v) is 12.5. The lowest BCUT2D eigenvalue weighted by molar-refractivity contribution is 0.582. The fraction of sp³-hybridized carbons (Fsp3) is 0.529. The molecular weight excluding hydrogens is 218 g/mol. The number of hydrogen-bond donors (Lipinski definition) is 1. The predicted octanol–water partition coefficient (Wildman–Crippen LogP) is 4.18. The molecule has 0 aromatic heterocycles. The second-order valence-electron chi connectivity index (χ2n) is 5.43. The van der Waals surface area contributed by atoms with Crippen LogP contribution in [0, 0.1) is 13.8 Å². The molecule has 1 atom stereocenters. The Kier molecular flexibility index (Phi) is 6.14. The molecule has 18 heavy (non-hydrogen) atoms. The molecule has 0 saturated heterocycles. The molecule has 1 N–H and O–H groups in total. The first-order valence-corrected chi connectivity index (χ1v) is 6.97. The quantitative estimate of drug-likeness (QED) is 0.741. The van der Waals surface area contributed by atoms with Crippen molar-refractivity contribution in [1.29, 1.82) is 0 Å². The summed E-state index contributed by atoms with van der Waals surface area (Å²) in [5, 5.41) is 3.61. The van der Waals surface area contributed by atoms with E-state index in [0.29, 0.717) is 6.04 Å². The lowest BCUT2D eigenvalue weighted by atomic mass is 10.00. The number of nitrogens with one attached hydrogen (secondary N) is 1. The van der Waals surface area contributed by atoms with Gasteiger partial charge in [0.05, 0.1) is 0 Å². The largest absolute Gasteiger partial charge is 0.310 e. The van der Waals surface area contributed by atoms with Crippen molar-refractivity contribution in [2.45, 2.75) is 53.5 Å². The van der Waals surface area contributed by atoms with Crippen LogP contribution in [0.3, 0.4) is 0 Å². The van der Waals surface area contributed by atoms with Crippen LogP contribution in [0.5, 0.6) is 0 Å². The summed E-state index contributed by atoms with van der Waals surface area (Å²) in [6.45, 7) is 12.0. The van der Waals surface area contributed by atoms with Crippen LogP contribution in [0.4, 0.5) is 0 Å². The molecule has 0 amide bonds. The van der Waals surface area contributed by atoms with Gasteiger partial charge in [-0.25, -0.2) is 0 Å². The van der Waals surface area contributed by atoms with Crippen molar-refractivity contribution in [3.63, 3.8) is 0 Å². The Morgan fingerprint density at radius 3 is 2.50 bits per heavy atom. The minimum Gasteiger partial charge on any atom is -0.310 e. The molecule has 100 valence electrons. The van der Waals surface area contributed by atoms with E-state index in [2.05, 4.69) is 64.2 Å². The highest BCUT2D eigenvalue weighted by molar-refractivity contribution is 5.30. The van der Waals surface area contributed by atoms with E-state index in [1.54, 1.807) is 0 Å². The van der Waals surface area contributed by atoms with Crippen LogP contribution >= 0.6 is 0 Å². The van der Waals surface area contributed by atoms with E-state index in [-0.39, 0.29) is 0 Å². The van der Waals surface area contributed by atoms with Crippen molar-refractivity contribution in [3.05, 3.63) is 46.5 Å². The summed E-state index contributed by atoms with van der Waals surface area (Å²) in [7, 11) is 0. The maximum atomic E-state index is 3.61. The zero-order valence-electron chi connectivity index (χ0n) is 12.5. The average molecular weight is 245 g/mol. The van der Waals surface area contributed by atoms with Gasteiger partial charge in [0.2, 0.25) is 0 Å². The van der Waals surface area contributed by atoms with Crippen LogP contribution in [-0.2, 0) is 6.42 Å². The second kappa shape index (κ2) is 7.38. The lowest BCUT2D eigenvalue weighted by Crippen LogP contribution is -2.30. The van der Waals surface area contributed by atoms with Gasteiger partial charge in [-0.3, -0.25) is 0 Å². The molecule has 1 unspecified atom stereocenters. The van der Waals surface area contributed by atoms with E-state index in [4.69, 9.17) is 0 Å². The third kappa shape index (κ3) is 5.05. The van der Waals surface area contributed by atoms with Gasteiger partial charge in [0.15, 0.2) is 0 Å². The molecule has 0 bridgehead atoms. The summed E-state index contributed by atoms with van der Waals surface area (Å²) in [4.78, 5) is 0. The van der Waals surface area contributed by atoms with Crippen LogP contribution in [0.2, 0.25) is 0 Å². The smallest absolute Gasteiger partial charge is 0.0292 e. The molecule has 0 aliphatic carbocycles. The highest BCUT2D eigenvalue weighted by Crippen LogP contribution is 2.12. The van der Waals surface area contributed by atoms with E-state index in [1.165, 1.54) is 28.7 Å². The molecule has 1 aromatic rings. The Morgan fingerprint density at radius 1 is 1.22 bits per heavy atom. The number of benzene rings is 1. The highest BCUT2D eigenvalue weighted by Gasteiger charge is 2.06. The van der Waals surface area contributed by atoms with Crippen LogP contribution in [0.1, 0.15) is 43.9 Å². The van der Waals surface area contributed by atoms with Crippen molar-refractivity contribution in [2.75, 3.05) is 6.54 Å². The van der Waals surface area contributed by atoms with Gasteiger partial charge < -0.3 is 5.32 Å². The first kappa shape index (κ1) is 15.0. The van der Waals surface area contributed by atoms with Gasteiger partial charge in [-0.05, 0) is 63.8 Å². The molecule has 0 aliphatic heterocycles. The van der Waals surface area contributed by atoms with Crippen LogP contribution in [0.25, 0.3) is 0 Å². The topological polar surface area (TPSA) is 12.0 Å². The Labute approximate surface area is 112 Å². The molecule has 0 aliphatic rings. The summed E-state index contributed by atoms with van der Waals surface area (Å²) >= 11 is 0. The van der Waals surface area contributed by atoms with E-state index < -0.39 is 0 Å². The second-order valence-corrected chi connectivity index (χ2v) is 5.43. The molecule has 0 saturated carbocycles. The maximum Gasteiger partial charge on any atom is 0.0292 e. The third-order valence-corrected chi connectivity index (χ3v) is 3.22. The predicted molar refractivity (Wildman–Crippen MR) is 81.1 cm³/mol. The molecule has 1 rings (SSSR count). The van der Waals surface area contributed by atoms with Gasteiger partial charge >= 0.3 is 0 Å². The standard InChI is InChI=1S/C17H27N/c1-6-9-18-17(10-13(2)3)12-16-8-7-14(4)15(5)11-16/h7-8,10-11,17-18H,6,9,12H2,1-5H3. The van der Waals surface area contributed by atoms with Crippen LogP contribution in [-0.4, -0.2) is 12.6 Å². The van der Waals surface area contributed by atoms with Crippen LogP contribution < -0.4 is 5.32 Å². The Bertz CT molecular complexity index is 400. The third-order valence-electron chi connectivity index (χ3n) is 3.22. The maximum absolute atomic E-state index is 3.61. The monoisotopic (exact) mass is 245 g/mol. The summed E-state index contributed by atoms with van der Waals surface area (Å²) in [5.74, 6) is 0. The SMILES string of the molecule is CCCNC(C=C(C)C)Cc1ccc(C)c(C)c1. The van der Waals surface area contributed by atoms with Crippen molar-refractivity contribution in [1.82, 2.24) is 5.32 Å². The minimum absolute atomic E-state index is 0.456. The molecule has 0 heterocycles. The number of hydrogen-bond acceptors (Lipinski definition) is 1. The molecule has 1 nitrogen and oxygen atoms in total. The summed E-state index contributed by atoms with van der Waals surface area (Å²) in [6, 6.07) is 7.25. The fourth-order valence-corrected chi connectivity index (χ4v) is 2.11. The van der Waals surface area contributed by atoms with Gasteiger partial charge in [0.25, 0.3) is 0 Å². The average Bonchev–Trinajstić information content (AvgIpc) is 2.30. The molecular formula is C17H27N. The van der Waals surface area contributed by atoms with Gasteiger partial charge in [0, 0.05) is 6.04 Å².